The third-order valence-electron chi connectivity index (χ3n) is 3.74. The summed E-state index contributed by atoms with van der Waals surface area (Å²) in [6, 6.07) is 10.0. The summed E-state index contributed by atoms with van der Waals surface area (Å²) in [6.45, 7) is 2.02. The number of aromatic amines is 1. The number of nitrogens with one attached hydrogen (secondary N) is 1. The molecule has 0 saturated carbocycles. The second-order valence-electron chi connectivity index (χ2n) is 5.00. The minimum Gasteiger partial charge on any atom is -0.469 e. The van der Waals surface area contributed by atoms with Crippen LogP contribution in [-0.2, 0) is 22.4 Å². The van der Waals surface area contributed by atoms with E-state index in [4.69, 9.17) is 4.74 Å². The number of carbonyl (C=O) groups excluding carboxylic acids is 1. The van der Waals surface area contributed by atoms with Crippen molar-refractivity contribution in [2.45, 2.75) is 26.2 Å². The van der Waals surface area contributed by atoms with Crippen LogP contribution in [-0.4, -0.2) is 23.0 Å². The number of ether oxygens (including phenoxy) is 1. The molecular weight excluding hydrogens is 252 g/mol. The second kappa shape index (κ2) is 6.37. The fourth-order valence-corrected chi connectivity index (χ4v) is 2.52. The van der Waals surface area contributed by atoms with Crippen molar-refractivity contribution >= 4 is 5.97 Å². The first-order valence-corrected chi connectivity index (χ1v) is 6.81. The van der Waals surface area contributed by atoms with Crippen LogP contribution in [0, 0.1) is 5.41 Å². The number of hydrogen-bond donors (Lipinski definition) is 1. The number of hydrogen-bond acceptors (Lipinski definition) is 3. The maximum atomic E-state index is 12.3. The van der Waals surface area contributed by atoms with Crippen molar-refractivity contribution in [2.75, 3.05) is 7.11 Å². The van der Waals surface area contributed by atoms with E-state index in [0.717, 1.165) is 11.4 Å². The van der Waals surface area contributed by atoms with Gasteiger partial charge in [0, 0.05) is 18.8 Å². The van der Waals surface area contributed by atoms with Crippen LogP contribution in [0.3, 0.4) is 0 Å². The SMILES string of the molecule is CCC(Cc1ccccc1)(Cc1ncc[nH]1)C(=O)OC. The molecule has 0 radical (unpaired) electrons. The molecule has 4 heteroatoms. The number of carbonyl (C=O) groups is 1. The van der Waals surface area contributed by atoms with Crippen LogP contribution < -0.4 is 0 Å². The quantitative estimate of drug-likeness (QED) is 0.823. The molecule has 0 saturated heterocycles. The molecule has 4 nitrogen and oxygen atoms in total. The fraction of sp³-hybridized carbons (Fsp3) is 0.375. The van der Waals surface area contributed by atoms with Crippen LogP contribution in [0.1, 0.15) is 24.7 Å². The highest BCUT2D eigenvalue weighted by Gasteiger charge is 2.39. The molecule has 0 spiro atoms. The average Bonchev–Trinajstić information content (AvgIpc) is 2.99. The topological polar surface area (TPSA) is 55.0 Å². The highest BCUT2D eigenvalue weighted by molar-refractivity contribution is 5.77. The molecule has 1 atom stereocenters. The van der Waals surface area contributed by atoms with Crippen molar-refractivity contribution in [1.29, 1.82) is 0 Å². The number of nitrogens with zero attached hydrogens (tertiary/aromatic N) is 1. The molecule has 0 bridgehead atoms. The maximum absolute atomic E-state index is 12.3. The normalized spacial score (nSPS) is 13.7. The summed E-state index contributed by atoms with van der Waals surface area (Å²) in [5, 5.41) is 0. The number of benzene rings is 1. The molecule has 1 aromatic heterocycles. The molecule has 1 aromatic carbocycles. The van der Waals surface area contributed by atoms with E-state index in [9.17, 15) is 4.79 Å². The lowest BCUT2D eigenvalue weighted by Crippen LogP contribution is -2.36. The van der Waals surface area contributed by atoms with Crippen molar-refractivity contribution < 1.29 is 9.53 Å². The van der Waals surface area contributed by atoms with E-state index in [0.29, 0.717) is 19.3 Å². The molecule has 0 fully saturated rings. The van der Waals surface area contributed by atoms with Gasteiger partial charge in [-0.1, -0.05) is 37.3 Å². The Morgan fingerprint density at radius 2 is 2.05 bits per heavy atom. The third kappa shape index (κ3) is 3.07. The lowest BCUT2D eigenvalue weighted by Gasteiger charge is -2.29. The summed E-state index contributed by atoms with van der Waals surface area (Å²) in [7, 11) is 1.44. The summed E-state index contributed by atoms with van der Waals surface area (Å²) >= 11 is 0. The minimum atomic E-state index is -0.575. The van der Waals surface area contributed by atoms with Gasteiger partial charge >= 0.3 is 5.97 Å². The van der Waals surface area contributed by atoms with Gasteiger partial charge < -0.3 is 9.72 Å². The predicted molar refractivity (Wildman–Crippen MR) is 77.2 cm³/mol. The molecule has 0 aliphatic rings. The smallest absolute Gasteiger partial charge is 0.312 e. The lowest BCUT2D eigenvalue weighted by atomic mass is 9.76. The molecule has 0 aliphatic carbocycles. The summed E-state index contributed by atoms with van der Waals surface area (Å²) in [4.78, 5) is 19.6. The summed E-state index contributed by atoms with van der Waals surface area (Å²) in [5.41, 5.74) is 0.555. The summed E-state index contributed by atoms with van der Waals surface area (Å²) in [6.07, 6.45) is 5.39. The first-order chi connectivity index (χ1) is 9.70. The molecule has 20 heavy (non-hydrogen) atoms. The first kappa shape index (κ1) is 14.3. The van der Waals surface area contributed by atoms with Crippen molar-refractivity contribution in [3.8, 4) is 0 Å². The molecule has 1 heterocycles. The Hall–Kier alpha value is -2.10. The van der Waals surface area contributed by atoms with E-state index in [2.05, 4.69) is 9.97 Å². The summed E-state index contributed by atoms with van der Waals surface area (Å²) < 4.78 is 5.05. The molecule has 2 aromatic rings. The zero-order valence-corrected chi connectivity index (χ0v) is 11.9. The molecule has 2 rings (SSSR count). The van der Waals surface area contributed by atoms with E-state index in [-0.39, 0.29) is 5.97 Å². The van der Waals surface area contributed by atoms with Crippen molar-refractivity contribution in [3.05, 3.63) is 54.1 Å². The van der Waals surface area contributed by atoms with Gasteiger partial charge in [-0.3, -0.25) is 4.79 Å². The second-order valence-corrected chi connectivity index (χ2v) is 5.00. The Morgan fingerprint density at radius 3 is 2.60 bits per heavy atom. The molecular formula is C16H20N2O2. The third-order valence-corrected chi connectivity index (χ3v) is 3.74. The Balaban J connectivity index is 2.29. The number of esters is 1. The molecule has 1 N–H and O–H groups in total. The standard InChI is InChI=1S/C16H20N2O2/c1-3-16(15(19)20-2,12-14-17-9-10-18-14)11-13-7-5-4-6-8-13/h4-10H,3,11-12H2,1-2H3,(H,17,18). The Morgan fingerprint density at radius 1 is 1.30 bits per heavy atom. The van der Waals surface area contributed by atoms with Crippen LogP contribution in [0.5, 0.6) is 0 Å². The number of rotatable bonds is 6. The van der Waals surface area contributed by atoms with E-state index in [1.807, 2.05) is 37.3 Å². The summed E-state index contributed by atoms with van der Waals surface area (Å²) in [5.74, 6) is 0.633. The molecule has 0 amide bonds. The van der Waals surface area contributed by atoms with Gasteiger partial charge in [0.05, 0.1) is 12.5 Å². The Labute approximate surface area is 119 Å². The predicted octanol–water partition coefficient (Wildman–Crippen LogP) is 2.76. The fourth-order valence-electron chi connectivity index (χ4n) is 2.52. The largest absolute Gasteiger partial charge is 0.469 e. The maximum Gasteiger partial charge on any atom is 0.312 e. The Kier molecular flexibility index (Phi) is 4.56. The number of H-pyrrole nitrogens is 1. The highest BCUT2D eigenvalue weighted by atomic mass is 16.5. The highest BCUT2D eigenvalue weighted by Crippen LogP contribution is 2.32. The first-order valence-electron chi connectivity index (χ1n) is 6.81. The van der Waals surface area contributed by atoms with Crippen molar-refractivity contribution in [2.24, 2.45) is 5.41 Å². The zero-order valence-electron chi connectivity index (χ0n) is 11.9. The monoisotopic (exact) mass is 272 g/mol. The van der Waals surface area contributed by atoms with E-state index >= 15 is 0 Å². The van der Waals surface area contributed by atoms with Gasteiger partial charge in [-0.25, -0.2) is 4.98 Å². The van der Waals surface area contributed by atoms with Gasteiger partial charge in [-0.05, 0) is 18.4 Å². The van der Waals surface area contributed by atoms with Crippen molar-refractivity contribution in [3.63, 3.8) is 0 Å². The van der Waals surface area contributed by atoms with Gasteiger partial charge in [0.25, 0.3) is 0 Å². The van der Waals surface area contributed by atoms with E-state index in [1.54, 1.807) is 12.4 Å². The molecule has 106 valence electrons. The zero-order chi connectivity index (χ0) is 14.4. The van der Waals surface area contributed by atoms with Crippen LogP contribution in [0.2, 0.25) is 0 Å². The van der Waals surface area contributed by atoms with Gasteiger partial charge in [0.2, 0.25) is 0 Å². The van der Waals surface area contributed by atoms with E-state index < -0.39 is 5.41 Å². The van der Waals surface area contributed by atoms with Gasteiger partial charge in [-0.2, -0.15) is 0 Å². The van der Waals surface area contributed by atoms with Crippen LogP contribution in [0.25, 0.3) is 0 Å². The van der Waals surface area contributed by atoms with Crippen LogP contribution in [0.15, 0.2) is 42.7 Å². The van der Waals surface area contributed by atoms with Gasteiger partial charge in [-0.15, -0.1) is 0 Å². The Bertz CT molecular complexity index is 537. The molecule has 0 aliphatic heterocycles. The molecule has 1 unspecified atom stereocenters. The number of methoxy groups -OCH3 is 1. The number of aromatic nitrogens is 2. The minimum absolute atomic E-state index is 0.180. The van der Waals surface area contributed by atoms with Crippen LogP contribution >= 0.6 is 0 Å². The average molecular weight is 272 g/mol. The van der Waals surface area contributed by atoms with Gasteiger partial charge in [0.1, 0.15) is 5.82 Å². The van der Waals surface area contributed by atoms with Crippen molar-refractivity contribution in [1.82, 2.24) is 9.97 Å². The van der Waals surface area contributed by atoms with Crippen LogP contribution in [0.4, 0.5) is 0 Å². The lowest BCUT2D eigenvalue weighted by molar-refractivity contribution is -0.153. The van der Waals surface area contributed by atoms with E-state index in [1.165, 1.54) is 7.11 Å². The number of imidazole rings is 1. The van der Waals surface area contributed by atoms with Gasteiger partial charge in [0.15, 0.2) is 0 Å².